The molecular formula is C70H89FN6O13S. The zero-order valence-electron chi connectivity index (χ0n) is 54.2. The van der Waals surface area contributed by atoms with E-state index in [1.54, 1.807) is 53.2 Å². The highest BCUT2D eigenvalue weighted by atomic mass is 32.1. The number of halogens is 1. The molecule has 0 aliphatic carbocycles. The molecule has 4 heterocycles. The molecule has 4 aromatic carbocycles. The molecule has 2 saturated heterocycles. The van der Waals surface area contributed by atoms with E-state index in [-0.39, 0.29) is 108 Å². The van der Waals surface area contributed by atoms with Crippen molar-refractivity contribution in [1.82, 2.24) is 25.1 Å². The molecule has 5 atom stereocenters. The molecule has 8 rings (SSSR count). The highest BCUT2D eigenvalue weighted by Crippen LogP contribution is 2.44. The third kappa shape index (κ3) is 19.6. The van der Waals surface area contributed by atoms with Crippen molar-refractivity contribution in [3.63, 3.8) is 0 Å². The van der Waals surface area contributed by atoms with Crippen LogP contribution in [-0.2, 0) is 60.7 Å². The minimum atomic E-state index is -0.999. The van der Waals surface area contributed by atoms with Crippen molar-refractivity contribution in [1.29, 1.82) is 0 Å². The molecule has 21 heteroatoms. The molecule has 2 fully saturated rings. The standard InChI is InChI=1S/C70H89FN6O13S/c1-44(2)61-60(59(47-15-13-12-14-16-47)62(48-21-23-50(71)24-22-48)76(61)30-29-54-38-55(89-70(10,11)88-54)39-58(80)90-69(7,8)9)66(82)74-51-25-27-53(28-26-51)87-36-35-85-32-31-84-33-34-86-42-57(79)75-64(68(4,5)6)67(83)77-41-52(78)37-56(77)65(81)72-40-46-17-19-49(20-18-46)63-45(3)73-43-91-63/h12-28,43-44,52,54-56,64,78H,29-42H2,1-11H3,(H,72,81)(H,74,82)(H,75,79)/t52-,54-,55-,56+,64-/m1/s1. The Hall–Kier alpha value is -7.37. The Kier molecular flexibility index (Phi) is 23.9. The number of carbonyl (C=O) groups is 5. The van der Waals surface area contributed by atoms with Crippen LogP contribution < -0.4 is 20.7 Å². The molecule has 19 nitrogen and oxygen atoms in total. The number of carbonyl (C=O) groups excluding carboxylic acids is 5. The van der Waals surface area contributed by atoms with Gasteiger partial charge in [0.15, 0.2) is 5.79 Å². The first-order chi connectivity index (χ1) is 43.2. The fourth-order valence-electron chi connectivity index (χ4n) is 11.5. The molecule has 6 aromatic rings. The van der Waals surface area contributed by atoms with Crippen molar-refractivity contribution in [3.05, 3.63) is 137 Å². The van der Waals surface area contributed by atoms with Crippen LogP contribution in [0.2, 0.25) is 0 Å². The molecule has 4 N–H and O–H groups in total. The topological polar surface area (TPSA) is 227 Å². The molecule has 0 saturated carbocycles. The Bertz CT molecular complexity index is 3390. The quantitative estimate of drug-likeness (QED) is 0.0265. The summed E-state index contributed by atoms with van der Waals surface area (Å²) in [4.78, 5) is 75.4. The molecular weight excluding hydrogens is 1180 g/mol. The molecule has 4 amide bonds. The smallest absolute Gasteiger partial charge is 0.308 e. The van der Waals surface area contributed by atoms with E-state index in [1.807, 2.05) is 117 Å². The summed E-state index contributed by atoms with van der Waals surface area (Å²) in [6.07, 6.45) is -0.496. The first-order valence-corrected chi connectivity index (χ1v) is 32.1. The van der Waals surface area contributed by atoms with E-state index in [1.165, 1.54) is 17.0 Å². The number of aryl methyl sites for hydroxylation is 1. The molecule has 0 unspecified atom stereocenters. The second-order valence-electron chi connectivity index (χ2n) is 25.9. The number of ether oxygens (including phenoxy) is 7. The number of β-amino-alcohol motifs (C(OH)–C–C–N with tert-alkyl or cyclic N) is 1. The minimum absolute atomic E-state index is 0.0395. The van der Waals surface area contributed by atoms with Gasteiger partial charge in [-0.3, -0.25) is 24.0 Å². The number of nitrogens with zero attached hydrogens (tertiary/aromatic N) is 3. The predicted molar refractivity (Wildman–Crippen MR) is 347 cm³/mol. The zero-order chi connectivity index (χ0) is 65.6. The number of esters is 1. The number of likely N-dealkylation sites (tertiary alicyclic amines) is 1. The third-order valence-electron chi connectivity index (χ3n) is 15.5. The first-order valence-electron chi connectivity index (χ1n) is 31.2. The van der Waals surface area contributed by atoms with Crippen molar-refractivity contribution in [2.75, 3.05) is 58.1 Å². The van der Waals surface area contributed by atoms with Crippen LogP contribution in [-0.4, -0.2) is 144 Å². The van der Waals surface area contributed by atoms with Gasteiger partial charge in [0.2, 0.25) is 17.7 Å². The Labute approximate surface area is 537 Å². The van der Waals surface area contributed by atoms with Gasteiger partial charge < -0.3 is 63.7 Å². The molecule has 2 aromatic heterocycles. The SMILES string of the molecule is Cc1ncsc1-c1ccc(CNC(=O)[C@@H]2C[C@@H](O)CN2C(=O)[C@@H](NC(=O)COCCOCCOCCOc2ccc(NC(=O)c3c(-c4ccccc4)c(-c4ccc(F)cc4)n(CC[C@@H]4C[C@H](CC(=O)OC(C)(C)C)OC(C)(C)O4)c3C(C)C)cc2)C(C)(C)C)cc1. The lowest BCUT2D eigenvalue weighted by Gasteiger charge is -2.41. The maximum Gasteiger partial charge on any atom is 0.308 e. The maximum absolute atomic E-state index is 15.0. The van der Waals surface area contributed by atoms with E-state index in [2.05, 4.69) is 39.3 Å². The lowest BCUT2D eigenvalue weighted by Crippen LogP contribution is -2.58. The number of aliphatic hydroxyl groups is 1. The number of nitrogens with one attached hydrogen (secondary N) is 3. The number of amides is 4. The van der Waals surface area contributed by atoms with Crippen LogP contribution in [0.5, 0.6) is 5.75 Å². The number of rotatable bonds is 28. The summed E-state index contributed by atoms with van der Waals surface area (Å²) in [5.41, 5.74) is 8.17. The molecule has 0 spiro atoms. The molecule has 2 aliphatic rings. The number of thiazole rings is 1. The largest absolute Gasteiger partial charge is 0.491 e. The normalized spacial score (nSPS) is 17.8. The maximum atomic E-state index is 15.0. The summed E-state index contributed by atoms with van der Waals surface area (Å²) in [7, 11) is 0. The fourth-order valence-corrected chi connectivity index (χ4v) is 12.3. The third-order valence-corrected chi connectivity index (χ3v) is 16.4. The van der Waals surface area contributed by atoms with E-state index >= 15 is 0 Å². The predicted octanol–water partition coefficient (Wildman–Crippen LogP) is 11.0. The van der Waals surface area contributed by atoms with E-state index in [0.29, 0.717) is 42.0 Å². The van der Waals surface area contributed by atoms with Crippen LogP contribution in [0.25, 0.3) is 32.8 Å². The number of hydrogen-bond acceptors (Lipinski definition) is 15. The van der Waals surface area contributed by atoms with Crippen LogP contribution >= 0.6 is 11.3 Å². The molecule has 2 aliphatic heterocycles. The van der Waals surface area contributed by atoms with Gasteiger partial charge in [0.25, 0.3) is 5.91 Å². The molecule has 0 bridgehead atoms. The second-order valence-corrected chi connectivity index (χ2v) is 26.8. The van der Waals surface area contributed by atoms with Crippen molar-refractivity contribution in [2.24, 2.45) is 5.41 Å². The summed E-state index contributed by atoms with van der Waals surface area (Å²) in [5, 5.41) is 19.5. The summed E-state index contributed by atoms with van der Waals surface area (Å²) in [6, 6.07) is 29.0. The molecule has 490 valence electrons. The van der Waals surface area contributed by atoms with Gasteiger partial charge in [0.1, 0.15) is 42.5 Å². The summed E-state index contributed by atoms with van der Waals surface area (Å²) in [5.74, 6) is -2.95. The summed E-state index contributed by atoms with van der Waals surface area (Å²) in [6.45, 7) is 22.4. The lowest BCUT2D eigenvalue weighted by molar-refractivity contribution is -0.301. The van der Waals surface area contributed by atoms with Crippen LogP contribution in [0, 0.1) is 18.2 Å². The fraction of sp³-hybridized carbons (Fsp3) is 0.486. The summed E-state index contributed by atoms with van der Waals surface area (Å²) < 4.78 is 58.0. The van der Waals surface area contributed by atoms with E-state index in [4.69, 9.17) is 33.2 Å². The van der Waals surface area contributed by atoms with Crippen molar-refractivity contribution in [3.8, 4) is 38.6 Å². The van der Waals surface area contributed by atoms with E-state index < -0.39 is 52.9 Å². The van der Waals surface area contributed by atoms with Crippen LogP contribution in [0.15, 0.2) is 109 Å². The average Bonchev–Trinajstić information content (AvgIpc) is 1.59. The van der Waals surface area contributed by atoms with Gasteiger partial charge in [-0.15, -0.1) is 11.3 Å². The van der Waals surface area contributed by atoms with Crippen molar-refractivity contribution in [2.45, 2.75) is 163 Å². The van der Waals surface area contributed by atoms with Crippen molar-refractivity contribution < 1.29 is 66.6 Å². The molecule has 91 heavy (non-hydrogen) atoms. The Morgan fingerprint density at radius 3 is 2.05 bits per heavy atom. The Morgan fingerprint density at radius 1 is 0.791 bits per heavy atom. The lowest BCUT2D eigenvalue weighted by atomic mass is 9.85. The zero-order valence-corrected chi connectivity index (χ0v) is 55.0. The van der Waals surface area contributed by atoms with Crippen molar-refractivity contribution >= 4 is 46.6 Å². The van der Waals surface area contributed by atoms with Crippen LogP contribution in [0.3, 0.4) is 0 Å². The van der Waals surface area contributed by atoms with Gasteiger partial charge in [-0.2, -0.15) is 0 Å². The van der Waals surface area contributed by atoms with E-state index in [9.17, 15) is 33.5 Å². The van der Waals surface area contributed by atoms with E-state index in [0.717, 1.165) is 44.2 Å². The van der Waals surface area contributed by atoms with Gasteiger partial charge in [0, 0.05) is 49.4 Å². The van der Waals surface area contributed by atoms with Crippen LogP contribution in [0.1, 0.15) is 128 Å². The number of aromatic nitrogens is 2. The average molecular weight is 1270 g/mol. The highest BCUT2D eigenvalue weighted by Gasteiger charge is 2.45. The number of aliphatic hydroxyl groups excluding tert-OH is 1. The molecule has 0 radical (unpaired) electrons. The number of hydrogen-bond donors (Lipinski definition) is 4. The first kappa shape index (κ1) is 69.5. The Morgan fingerprint density at radius 2 is 1.43 bits per heavy atom. The number of anilines is 1. The Balaban J connectivity index is 0.787. The highest BCUT2D eigenvalue weighted by molar-refractivity contribution is 7.13. The number of benzene rings is 4. The van der Waals surface area contributed by atoms with Gasteiger partial charge in [-0.25, -0.2) is 9.37 Å². The van der Waals surface area contributed by atoms with Gasteiger partial charge >= 0.3 is 5.97 Å². The summed E-state index contributed by atoms with van der Waals surface area (Å²) >= 11 is 1.56. The van der Waals surface area contributed by atoms with Gasteiger partial charge in [0.05, 0.1) is 85.1 Å². The van der Waals surface area contributed by atoms with Crippen LogP contribution in [0.4, 0.5) is 10.1 Å². The second kappa shape index (κ2) is 31.3. The van der Waals surface area contributed by atoms with Gasteiger partial charge in [-0.1, -0.05) is 89.2 Å². The minimum Gasteiger partial charge on any atom is -0.491 e. The monoisotopic (exact) mass is 1270 g/mol. The van der Waals surface area contributed by atoms with Gasteiger partial charge in [-0.05, 0) is 130 Å².